The van der Waals surface area contributed by atoms with Crippen LogP contribution in [0.3, 0.4) is 0 Å². The van der Waals surface area contributed by atoms with Crippen molar-refractivity contribution in [2.75, 3.05) is 44.4 Å². The first-order valence-electron chi connectivity index (χ1n) is 14.6. The van der Waals surface area contributed by atoms with Crippen LogP contribution in [0.4, 0.5) is 11.4 Å². The van der Waals surface area contributed by atoms with E-state index in [0.29, 0.717) is 0 Å². The van der Waals surface area contributed by atoms with E-state index in [1.165, 1.54) is 51.4 Å². The molecule has 38 heavy (non-hydrogen) atoms. The highest BCUT2D eigenvalue weighted by Gasteiger charge is 2.32. The normalized spacial score (nSPS) is 19.5. The second-order valence-corrected chi connectivity index (χ2v) is 10.3. The predicted molar refractivity (Wildman–Crippen MR) is 148 cm³/mol. The molecular weight excluding hydrogens is 500 g/mol. The van der Waals surface area contributed by atoms with E-state index in [1.807, 2.05) is 0 Å². The Morgan fingerprint density at radius 2 is 0.921 bits per heavy atom. The maximum absolute atomic E-state index is 6.38. The lowest BCUT2D eigenvalue weighted by atomic mass is 10.1. The summed E-state index contributed by atoms with van der Waals surface area (Å²) in [7, 11) is 0. The Balaban J connectivity index is 0.00000336. The number of rotatable bonds is 0. The minimum atomic E-state index is 0. The molecule has 2 aromatic carbocycles. The summed E-state index contributed by atoms with van der Waals surface area (Å²) < 4.78 is 27.8. The third kappa shape index (κ3) is 7.49. The van der Waals surface area contributed by atoms with Gasteiger partial charge in [-0.1, -0.05) is 63.5 Å². The van der Waals surface area contributed by atoms with Crippen LogP contribution in [-0.2, 0) is 0 Å². The molecule has 6 nitrogen and oxygen atoms in total. The highest BCUT2D eigenvalue weighted by molar-refractivity contribution is 5.85. The van der Waals surface area contributed by atoms with Crippen LogP contribution < -0.4 is 36.3 Å². The molecule has 3 aliphatic rings. The fraction of sp³-hybridized carbons (Fsp3) is 0.581. The van der Waals surface area contributed by atoms with Crippen molar-refractivity contribution < 1.29 is 35.9 Å². The molecule has 0 N–H and O–H groups in total. The molecule has 3 aliphatic heterocycles. The summed E-state index contributed by atoms with van der Waals surface area (Å²) in [5, 5.41) is 0. The van der Waals surface area contributed by atoms with Gasteiger partial charge in [0.15, 0.2) is 23.0 Å². The zero-order valence-corrected chi connectivity index (χ0v) is 23.4. The Bertz CT molecular complexity index is 984. The Kier molecular flexibility index (Phi) is 11.3. The summed E-state index contributed by atoms with van der Waals surface area (Å²) in [5.74, 6) is 3.61. The van der Waals surface area contributed by atoms with E-state index in [9.17, 15) is 0 Å². The van der Waals surface area contributed by atoms with Crippen LogP contribution in [0.15, 0.2) is 36.4 Å². The second-order valence-electron chi connectivity index (χ2n) is 10.3. The molecule has 0 atom stereocenters. The van der Waals surface area contributed by atoms with Crippen LogP contribution in [0, 0.1) is 0 Å². The minimum absolute atomic E-state index is 0. The molecular formula is C31H43ClN2O4. The van der Waals surface area contributed by atoms with Gasteiger partial charge in [0, 0.05) is 0 Å². The van der Waals surface area contributed by atoms with Gasteiger partial charge in [0.25, 0.3) is 0 Å². The van der Waals surface area contributed by atoms with Crippen LogP contribution >= 0.6 is 0 Å². The first-order chi connectivity index (χ1) is 18.4. The molecule has 0 aliphatic carbocycles. The molecule has 0 saturated heterocycles. The molecule has 0 aromatic heterocycles. The maximum Gasteiger partial charge on any atom is 0.245 e. The number of ether oxygens (including phenoxy) is 4. The molecule has 0 saturated carbocycles. The average Bonchev–Trinajstić information content (AvgIpc) is 3.39. The fourth-order valence-corrected chi connectivity index (χ4v) is 5.43. The number of halogens is 1. The molecule has 0 unspecified atom stereocenters. The fourth-order valence-electron chi connectivity index (χ4n) is 5.43. The monoisotopic (exact) mass is 542 g/mol. The van der Waals surface area contributed by atoms with Crippen LogP contribution in [0.5, 0.6) is 23.0 Å². The Hall–Kier alpha value is -2.60. The van der Waals surface area contributed by atoms with Gasteiger partial charge in [-0.05, 0) is 49.9 Å². The SMILES string of the molecule is C1=[N+]2CCN1c1c3cccc1OCCCCCCCCOc1cccc(c12)OCCCCCCCCO3.[Cl-]. The van der Waals surface area contributed by atoms with E-state index in [0.717, 1.165) is 99.6 Å². The van der Waals surface area contributed by atoms with Crippen LogP contribution in [0.2, 0.25) is 0 Å². The first-order valence-corrected chi connectivity index (χ1v) is 14.6. The molecule has 2 aromatic rings. The van der Waals surface area contributed by atoms with Crippen molar-refractivity contribution >= 4 is 17.7 Å². The summed E-state index contributed by atoms with van der Waals surface area (Å²) in [4.78, 5) is 2.28. The van der Waals surface area contributed by atoms with Crippen molar-refractivity contribution in [3.05, 3.63) is 36.4 Å². The van der Waals surface area contributed by atoms with Crippen LogP contribution in [0.1, 0.15) is 77.0 Å². The zero-order chi connectivity index (χ0) is 25.1. The highest BCUT2D eigenvalue weighted by atomic mass is 35.5. The van der Waals surface area contributed by atoms with Crippen molar-refractivity contribution in [3.8, 4) is 23.0 Å². The lowest BCUT2D eigenvalue weighted by Crippen LogP contribution is -3.00. The quantitative estimate of drug-likeness (QED) is 0.469. The first kappa shape index (κ1) is 28.4. The Morgan fingerprint density at radius 1 is 0.526 bits per heavy atom. The molecule has 0 fully saturated rings. The third-order valence-corrected chi connectivity index (χ3v) is 7.47. The van der Waals surface area contributed by atoms with Crippen molar-refractivity contribution in [1.29, 1.82) is 0 Å². The van der Waals surface area contributed by atoms with E-state index < -0.39 is 0 Å². The standard InChI is InChI=1S/C31H43N2O4.ClH/c1-2-6-10-22-35-27-16-14-18-29-31(27)33-20-19-32(25-33)30-26(34-21-9-5-1)15-13-17-28(30)36-23-11-7-3-4-8-12-24-37-29;/h13-18,25H,1-12,19-24H2;1H/q+1;/p-1. The van der Waals surface area contributed by atoms with Gasteiger partial charge in [0.05, 0.1) is 26.4 Å². The molecule has 0 radical (unpaired) electrons. The molecule has 4 bridgehead atoms. The number of benzene rings is 2. The highest BCUT2D eigenvalue weighted by Crippen LogP contribution is 2.42. The maximum atomic E-state index is 6.38. The summed E-state index contributed by atoms with van der Waals surface area (Å²) in [5.41, 5.74) is 2.05. The summed E-state index contributed by atoms with van der Waals surface area (Å²) in [6.45, 7) is 4.61. The smallest absolute Gasteiger partial charge is 0.245 e. The van der Waals surface area contributed by atoms with Crippen molar-refractivity contribution in [2.45, 2.75) is 77.0 Å². The van der Waals surface area contributed by atoms with Gasteiger partial charge in [-0.3, -0.25) is 0 Å². The van der Waals surface area contributed by atoms with Crippen molar-refractivity contribution in [3.63, 3.8) is 0 Å². The van der Waals surface area contributed by atoms with Gasteiger partial charge in [-0.2, -0.15) is 0 Å². The van der Waals surface area contributed by atoms with E-state index >= 15 is 0 Å². The number of anilines is 1. The lowest BCUT2D eigenvalue weighted by Gasteiger charge is -2.17. The van der Waals surface area contributed by atoms with Gasteiger partial charge in [0.2, 0.25) is 17.7 Å². The third-order valence-electron chi connectivity index (χ3n) is 7.47. The Labute approximate surface area is 234 Å². The van der Waals surface area contributed by atoms with Crippen molar-refractivity contribution in [1.82, 2.24) is 0 Å². The molecule has 208 valence electrons. The average molecular weight is 543 g/mol. The summed E-state index contributed by atoms with van der Waals surface area (Å²) >= 11 is 0. The number of nitrogens with zero attached hydrogens (tertiary/aromatic N) is 2. The molecule has 0 amide bonds. The molecule has 5 rings (SSSR count). The lowest BCUT2D eigenvalue weighted by molar-refractivity contribution is -0.425. The van der Waals surface area contributed by atoms with Gasteiger partial charge in [-0.25, -0.2) is 9.48 Å². The molecule has 0 spiro atoms. The van der Waals surface area contributed by atoms with Gasteiger partial charge in [-0.15, -0.1) is 0 Å². The summed E-state index contributed by atoms with van der Waals surface area (Å²) in [6, 6.07) is 12.5. The Morgan fingerprint density at radius 3 is 1.39 bits per heavy atom. The zero-order valence-electron chi connectivity index (χ0n) is 22.7. The molecule has 7 heteroatoms. The van der Waals surface area contributed by atoms with E-state index in [1.54, 1.807) is 0 Å². The summed E-state index contributed by atoms with van der Waals surface area (Å²) in [6.07, 6.45) is 16.2. The number of hydrogen-bond donors (Lipinski definition) is 0. The van der Waals surface area contributed by atoms with Gasteiger partial charge < -0.3 is 31.4 Å². The topological polar surface area (TPSA) is 43.2 Å². The van der Waals surface area contributed by atoms with Crippen LogP contribution in [-0.4, -0.2) is 50.4 Å². The van der Waals surface area contributed by atoms with E-state index in [2.05, 4.69) is 52.2 Å². The minimum Gasteiger partial charge on any atom is -1.00 e. The van der Waals surface area contributed by atoms with E-state index in [4.69, 9.17) is 18.9 Å². The van der Waals surface area contributed by atoms with Gasteiger partial charge in [0.1, 0.15) is 13.1 Å². The number of para-hydroxylation sites is 2. The van der Waals surface area contributed by atoms with Crippen LogP contribution in [0.25, 0.3) is 0 Å². The van der Waals surface area contributed by atoms with Crippen molar-refractivity contribution in [2.24, 2.45) is 0 Å². The molecule has 3 heterocycles. The second kappa shape index (κ2) is 15.1. The predicted octanol–water partition coefficient (Wildman–Crippen LogP) is 4.11. The van der Waals surface area contributed by atoms with E-state index in [-0.39, 0.29) is 12.4 Å². The van der Waals surface area contributed by atoms with Gasteiger partial charge >= 0.3 is 0 Å². The largest absolute Gasteiger partial charge is 1.00 e. The number of hydrogen-bond acceptors (Lipinski definition) is 5.